The van der Waals surface area contributed by atoms with Gasteiger partial charge in [0.15, 0.2) is 0 Å². The smallest absolute Gasteiger partial charge is 0.416 e. The fraction of sp³-hybridized carbons (Fsp3) is 0.385. The van der Waals surface area contributed by atoms with Crippen LogP contribution in [0, 0.1) is 0 Å². The van der Waals surface area contributed by atoms with Crippen LogP contribution in [0.5, 0.6) is 11.5 Å². The number of quaternary nitrogens is 1. The molecule has 3 nitrogen and oxygen atoms in total. The van der Waals surface area contributed by atoms with E-state index in [-0.39, 0.29) is 81.4 Å². The number of nitrogens with zero attached hydrogens (tertiary/aromatic N) is 1. The molecule has 0 fully saturated rings. The van der Waals surface area contributed by atoms with Crippen molar-refractivity contribution < 1.29 is 66.6 Å². The summed E-state index contributed by atoms with van der Waals surface area (Å²) in [6, 6.07) is 8.13. The predicted octanol–water partition coefficient (Wildman–Crippen LogP) is 12.9. The number of unbranched alkanes of at least 4 members (excludes halogenated alkanes) is 2. The number of hydrogen-bond donors (Lipinski definition) is 0. The molecule has 2 aliphatic rings. The summed E-state index contributed by atoms with van der Waals surface area (Å²) in [6.45, 7) is 4.41. The molecular formula is C39H34F12NO2+. The lowest BCUT2D eigenvalue weighted by atomic mass is 9.85. The third-order valence-electron chi connectivity index (χ3n) is 9.98. The predicted molar refractivity (Wildman–Crippen MR) is 176 cm³/mol. The molecule has 290 valence electrons. The fourth-order valence-corrected chi connectivity index (χ4v) is 7.43. The summed E-state index contributed by atoms with van der Waals surface area (Å²) in [5.74, 6) is 0.278. The summed E-state index contributed by atoms with van der Waals surface area (Å²) in [5.41, 5.74) is -5.66. The number of ether oxygens (including phenoxy) is 2. The maximum absolute atomic E-state index is 14.1. The first kappa shape index (κ1) is 39.3. The Morgan fingerprint density at radius 3 is 1.13 bits per heavy atom. The van der Waals surface area contributed by atoms with Crippen LogP contribution in [-0.4, -0.2) is 24.4 Å². The molecule has 54 heavy (non-hydrogen) atoms. The summed E-state index contributed by atoms with van der Waals surface area (Å²) >= 11 is 0. The van der Waals surface area contributed by atoms with Crippen LogP contribution in [0.3, 0.4) is 0 Å². The van der Waals surface area contributed by atoms with E-state index in [0.29, 0.717) is 74.2 Å². The molecule has 0 unspecified atom stereocenters. The van der Waals surface area contributed by atoms with Crippen molar-refractivity contribution in [3.05, 3.63) is 94.0 Å². The lowest BCUT2D eigenvalue weighted by molar-refractivity contribution is -0.953. The molecule has 6 rings (SSSR count). The van der Waals surface area contributed by atoms with Gasteiger partial charge in [-0.1, -0.05) is 38.8 Å². The Morgan fingerprint density at radius 2 is 0.833 bits per heavy atom. The van der Waals surface area contributed by atoms with Gasteiger partial charge in [0.25, 0.3) is 0 Å². The molecule has 0 saturated carbocycles. The van der Waals surface area contributed by atoms with Gasteiger partial charge < -0.3 is 14.0 Å². The van der Waals surface area contributed by atoms with Gasteiger partial charge >= 0.3 is 24.7 Å². The van der Waals surface area contributed by atoms with Gasteiger partial charge in [-0.2, -0.15) is 52.7 Å². The van der Waals surface area contributed by atoms with Crippen LogP contribution in [-0.2, 0) is 37.8 Å². The van der Waals surface area contributed by atoms with Crippen molar-refractivity contribution in [3.63, 3.8) is 0 Å². The van der Waals surface area contributed by atoms with Crippen molar-refractivity contribution in [2.75, 3.05) is 19.9 Å². The third-order valence-corrected chi connectivity index (χ3v) is 9.98. The molecule has 0 radical (unpaired) electrons. The number of halogens is 12. The van der Waals surface area contributed by atoms with Gasteiger partial charge in [-0.05, 0) is 83.6 Å². The lowest BCUT2D eigenvalue weighted by Crippen LogP contribution is -2.47. The lowest BCUT2D eigenvalue weighted by Gasteiger charge is -2.39. The summed E-state index contributed by atoms with van der Waals surface area (Å²) < 4.78 is 181. The molecule has 2 heterocycles. The zero-order valence-electron chi connectivity index (χ0n) is 28.9. The normalized spacial score (nSPS) is 15.5. The van der Waals surface area contributed by atoms with Gasteiger partial charge in [0.2, 0.25) is 6.79 Å². The Kier molecular flexibility index (Phi) is 10.2. The van der Waals surface area contributed by atoms with Crippen LogP contribution in [0.25, 0.3) is 33.4 Å². The Labute approximate surface area is 302 Å². The summed E-state index contributed by atoms with van der Waals surface area (Å²) in [6.07, 6.45) is -18.0. The van der Waals surface area contributed by atoms with Gasteiger partial charge in [0.05, 0.1) is 35.3 Å². The van der Waals surface area contributed by atoms with E-state index in [4.69, 9.17) is 9.47 Å². The Balaban J connectivity index is 1.74. The highest BCUT2D eigenvalue weighted by Crippen LogP contribution is 2.53. The Bertz CT molecular complexity index is 1830. The van der Waals surface area contributed by atoms with E-state index in [1.165, 1.54) is 24.3 Å². The van der Waals surface area contributed by atoms with Crippen molar-refractivity contribution in [1.29, 1.82) is 0 Å². The van der Waals surface area contributed by atoms with Gasteiger partial charge in [0.1, 0.15) is 24.6 Å². The maximum atomic E-state index is 14.1. The van der Waals surface area contributed by atoms with E-state index in [1.807, 2.05) is 13.8 Å². The van der Waals surface area contributed by atoms with Crippen molar-refractivity contribution >= 4 is 0 Å². The highest BCUT2D eigenvalue weighted by molar-refractivity contribution is 5.91. The molecule has 0 aromatic heterocycles. The second-order valence-corrected chi connectivity index (χ2v) is 13.7. The third kappa shape index (κ3) is 7.74. The molecule has 15 heteroatoms. The highest BCUT2D eigenvalue weighted by atomic mass is 19.4. The molecule has 4 aromatic carbocycles. The van der Waals surface area contributed by atoms with Crippen LogP contribution in [0.4, 0.5) is 52.7 Å². The fourth-order valence-electron chi connectivity index (χ4n) is 7.43. The Hall–Kier alpha value is -4.40. The van der Waals surface area contributed by atoms with E-state index >= 15 is 0 Å². The van der Waals surface area contributed by atoms with Crippen molar-refractivity contribution in [1.82, 2.24) is 0 Å². The van der Waals surface area contributed by atoms with E-state index in [0.717, 1.165) is 0 Å². The molecule has 0 bridgehead atoms. The summed E-state index contributed by atoms with van der Waals surface area (Å²) in [7, 11) is 0. The van der Waals surface area contributed by atoms with Gasteiger partial charge in [-0.15, -0.1) is 0 Å². The van der Waals surface area contributed by atoms with Crippen LogP contribution < -0.4 is 9.47 Å². The summed E-state index contributed by atoms with van der Waals surface area (Å²) in [4.78, 5) is 0. The first-order valence-electron chi connectivity index (χ1n) is 17.2. The molecular weight excluding hydrogens is 742 g/mol. The van der Waals surface area contributed by atoms with Crippen LogP contribution in [0.1, 0.15) is 72.9 Å². The highest BCUT2D eigenvalue weighted by Gasteiger charge is 2.42. The van der Waals surface area contributed by atoms with Gasteiger partial charge in [0, 0.05) is 22.3 Å². The quantitative estimate of drug-likeness (QED) is 0.131. The van der Waals surface area contributed by atoms with Crippen molar-refractivity contribution in [3.8, 4) is 44.9 Å². The second-order valence-electron chi connectivity index (χ2n) is 13.7. The topological polar surface area (TPSA) is 18.5 Å². The van der Waals surface area contributed by atoms with E-state index < -0.39 is 47.0 Å². The van der Waals surface area contributed by atoms with Crippen LogP contribution in [0.15, 0.2) is 60.7 Å². The van der Waals surface area contributed by atoms with E-state index in [9.17, 15) is 52.7 Å². The van der Waals surface area contributed by atoms with Crippen LogP contribution >= 0.6 is 0 Å². The minimum Gasteiger partial charge on any atom is -0.457 e. The first-order valence-corrected chi connectivity index (χ1v) is 17.2. The average Bonchev–Trinajstić information content (AvgIpc) is 3.37. The van der Waals surface area contributed by atoms with Gasteiger partial charge in [-0.25, -0.2) is 0 Å². The number of rotatable bonds is 8. The SMILES string of the molecule is CCCC[N+]1(CCCC)Cc2c(-c3cc(C(F)(F)F)cc(C(F)(F)F)c3)ccc3c2-c2c(ccc(-c4cc(C(F)(F)F)cc(C(F)(F)F)c4)c2C1)OCO3. The second kappa shape index (κ2) is 14.0. The maximum Gasteiger partial charge on any atom is 0.416 e. The first-order chi connectivity index (χ1) is 25.1. The van der Waals surface area contributed by atoms with Crippen molar-refractivity contribution in [2.45, 2.75) is 77.3 Å². The van der Waals surface area contributed by atoms with Crippen LogP contribution in [0.2, 0.25) is 0 Å². The molecule has 0 N–H and O–H groups in total. The Morgan fingerprint density at radius 1 is 0.500 bits per heavy atom. The monoisotopic (exact) mass is 776 g/mol. The molecule has 0 aliphatic carbocycles. The standard InChI is InChI=1S/C39H34F12NO2/c1-3-5-11-52(12-6-4-2)19-30-28(22-13-24(36(40,41)42)17-25(14-22)37(43,44)45)7-9-32-34(30)35-31(20-52)29(8-10-33(35)54-21-53-32)23-15-26(38(46,47)48)18-27(16-23)39(49,50)51/h7-10,13-18H,3-6,11-12,19-21H2,1-2H3/q+1. The number of alkyl halides is 12. The zero-order chi connectivity index (χ0) is 39.4. The van der Waals surface area contributed by atoms with Crippen molar-refractivity contribution in [2.24, 2.45) is 0 Å². The average molecular weight is 777 g/mol. The molecule has 0 amide bonds. The molecule has 0 spiro atoms. The minimum atomic E-state index is -5.14. The molecule has 0 saturated heterocycles. The molecule has 4 aromatic rings. The van der Waals surface area contributed by atoms with Gasteiger partial charge in [-0.3, -0.25) is 0 Å². The molecule has 2 aliphatic heterocycles. The zero-order valence-corrected chi connectivity index (χ0v) is 28.9. The number of hydrogen-bond acceptors (Lipinski definition) is 2. The summed E-state index contributed by atoms with van der Waals surface area (Å²) in [5, 5.41) is 0. The minimum absolute atomic E-state index is 0.0361. The largest absolute Gasteiger partial charge is 0.457 e. The van der Waals surface area contributed by atoms with E-state index in [1.54, 1.807) is 0 Å². The number of benzene rings is 4. The van der Waals surface area contributed by atoms with E-state index in [2.05, 4.69) is 0 Å². The molecule has 0 atom stereocenters.